The number of carbonyl (C=O) groups excluding carboxylic acids is 2. The van der Waals surface area contributed by atoms with Crippen LogP contribution >= 0.6 is 0 Å². The fraction of sp³-hybridized carbons (Fsp3) is 0.308. The number of nitrogens with zero attached hydrogens (tertiary/aromatic N) is 1. The molecule has 0 spiro atoms. The summed E-state index contributed by atoms with van der Waals surface area (Å²) in [7, 11) is 0. The van der Waals surface area contributed by atoms with E-state index in [1.807, 2.05) is 0 Å². The van der Waals surface area contributed by atoms with Gasteiger partial charge in [0.1, 0.15) is 5.75 Å². The van der Waals surface area contributed by atoms with Crippen LogP contribution in [0.15, 0.2) is 24.3 Å². The molecule has 7 heteroatoms. The topological polar surface area (TPSA) is 115 Å². The maximum absolute atomic E-state index is 10.5. The van der Waals surface area contributed by atoms with E-state index in [1.54, 1.807) is 18.2 Å². The number of para-hydroxylation sites is 1. The summed E-state index contributed by atoms with van der Waals surface area (Å²) < 4.78 is 0. The Kier molecular flexibility index (Phi) is 5.22. The quantitative estimate of drug-likeness (QED) is 0.552. The summed E-state index contributed by atoms with van der Waals surface area (Å²) >= 11 is 0. The predicted octanol–water partition coefficient (Wildman–Crippen LogP) is 1.10. The molecule has 7 nitrogen and oxygen atoms in total. The van der Waals surface area contributed by atoms with Crippen LogP contribution < -0.4 is 0 Å². The van der Waals surface area contributed by atoms with Crippen molar-refractivity contribution in [3.05, 3.63) is 29.8 Å². The lowest BCUT2D eigenvalue weighted by Gasteiger charge is -2.07. The van der Waals surface area contributed by atoms with Gasteiger partial charge in [-0.15, -0.1) is 0 Å². The first kappa shape index (κ1) is 15.6. The fourth-order valence-corrected chi connectivity index (χ4v) is 1.55. The van der Waals surface area contributed by atoms with Crippen molar-refractivity contribution < 1.29 is 29.8 Å². The predicted molar refractivity (Wildman–Crippen MR) is 67.0 cm³/mol. The van der Waals surface area contributed by atoms with E-state index < -0.39 is 23.7 Å². The van der Waals surface area contributed by atoms with E-state index in [2.05, 4.69) is 0 Å². The Labute approximate surface area is 115 Å². The molecule has 2 amide bonds. The Morgan fingerprint density at radius 2 is 1.70 bits per heavy atom. The molecule has 1 fully saturated rings. The molecule has 0 aromatic heterocycles. The second-order valence-corrected chi connectivity index (χ2v) is 4.22. The number of phenolic OH excluding ortho intramolecular Hbond substituents is 1. The number of amides is 2. The van der Waals surface area contributed by atoms with Gasteiger partial charge in [0.15, 0.2) is 0 Å². The summed E-state index contributed by atoms with van der Waals surface area (Å²) in [6, 6.07) is 6.45. The van der Waals surface area contributed by atoms with Crippen molar-refractivity contribution in [3.8, 4) is 5.75 Å². The zero-order valence-corrected chi connectivity index (χ0v) is 10.8. The minimum Gasteiger partial charge on any atom is -0.508 e. The maximum Gasteiger partial charge on any atom is 0.310 e. The molecule has 0 radical (unpaired) electrons. The smallest absolute Gasteiger partial charge is 0.310 e. The van der Waals surface area contributed by atoms with Gasteiger partial charge in [-0.05, 0) is 13.0 Å². The number of hydrogen-bond acceptors (Lipinski definition) is 5. The SMILES string of the molecule is CC(C(=O)O)c1ccccc1O.O=C1CCC(=O)N1O. The lowest BCUT2D eigenvalue weighted by Crippen LogP contribution is -2.24. The van der Waals surface area contributed by atoms with E-state index in [9.17, 15) is 19.5 Å². The van der Waals surface area contributed by atoms with Gasteiger partial charge in [0, 0.05) is 18.4 Å². The molecule has 0 saturated carbocycles. The molecule has 1 aromatic rings. The molecule has 108 valence electrons. The van der Waals surface area contributed by atoms with Crippen molar-refractivity contribution >= 4 is 17.8 Å². The third-order valence-electron chi connectivity index (χ3n) is 2.80. The van der Waals surface area contributed by atoms with Gasteiger partial charge >= 0.3 is 5.97 Å². The third-order valence-corrected chi connectivity index (χ3v) is 2.80. The molecular formula is C13H15NO6. The molecule has 1 saturated heterocycles. The number of phenols is 1. The molecule has 1 aliphatic rings. The first-order valence-corrected chi connectivity index (χ1v) is 5.90. The number of hydroxylamine groups is 2. The maximum atomic E-state index is 10.5. The van der Waals surface area contributed by atoms with Gasteiger partial charge in [-0.2, -0.15) is 5.06 Å². The van der Waals surface area contributed by atoms with Crippen LogP contribution in [-0.4, -0.2) is 38.3 Å². The van der Waals surface area contributed by atoms with Crippen molar-refractivity contribution in [1.29, 1.82) is 0 Å². The molecule has 1 heterocycles. The van der Waals surface area contributed by atoms with Crippen molar-refractivity contribution in [2.24, 2.45) is 0 Å². The van der Waals surface area contributed by atoms with Gasteiger partial charge in [0.25, 0.3) is 11.8 Å². The van der Waals surface area contributed by atoms with E-state index in [0.29, 0.717) is 5.56 Å². The number of carbonyl (C=O) groups is 3. The Morgan fingerprint density at radius 1 is 1.20 bits per heavy atom. The monoisotopic (exact) mass is 281 g/mol. The fourth-order valence-electron chi connectivity index (χ4n) is 1.55. The van der Waals surface area contributed by atoms with Crippen LogP contribution in [0.25, 0.3) is 0 Å². The molecular weight excluding hydrogens is 266 g/mol. The minimum atomic E-state index is -0.934. The number of aromatic hydroxyl groups is 1. The first-order chi connectivity index (χ1) is 9.34. The van der Waals surface area contributed by atoms with Crippen LogP contribution in [0.4, 0.5) is 0 Å². The molecule has 0 aliphatic carbocycles. The normalized spacial score (nSPS) is 15.6. The van der Waals surface area contributed by atoms with Crippen molar-refractivity contribution in [2.45, 2.75) is 25.7 Å². The molecule has 1 aromatic carbocycles. The summed E-state index contributed by atoms with van der Waals surface area (Å²) in [5.41, 5.74) is 0.449. The summed E-state index contributed by atoms with van der Waals surface area (Å²) in [5, 5.41) is 26.5. The Bertz CT molecular complexity index is 511. The lowest BCUT2D eigenvalue weighted by molar-refractivity contribution is -0.171. The van der Waals surface area contributed by atoms with E-state index in [4.69, 9.17) is 10.3 Å². The van der Waals surface area contributed by atoms with E-state index in [0.717, 1.165) is 0 Å². The van der Waals surface area contributed by atoms with Crippen LogP contribution in [0.5, 0.6) is 5.75 Å². The summed E-state index contributed by atoms with van der Waals surface area (Å²) in [5.74, 6) is -2.57. The summed E-state index contributed by atoms with van der Waals surface area (Å²) in [4.78, 5) is 31.0. The number of aliphatic carboxylic acids is 1. The van der Waals surface area contributed by atoms with Crippen LogP contribution in [0, 0.1) is 0 Å². The first-order valence-electron chi connectivity index (χ1n) is 5.90. The van der Waals surface area contributed by atoms with Crippen LogP contribution in [0.3, 0.4) is 0 Å². The zero-order valence-electron chi connectivity index (χ0n) is 10.8. The van der Waals surface area contributed by atoms with Crippen molar-refractivity contribution in [3.63, 3.8) is 0 Å². The average molecular weight is 281 g/mol. The van der Waals surface area contributed by atoms with Crippen LogP contribution in [-0.2, 0) is 14.4 Å². The largest absolute Gasteiger partial charge is 0.508 e. The van der Waals surface area contributed by atoms with Gasteiger partial charge < -0.3 is 10.2 Å². The van der Waals surface area contributed by atoms with Gasteiger partial charge in [0.2, 0.25) is 0 Å². The van der Waals surface area contributed by atoms with E-state index in [1.165, 1.54) is 13.0 Å². The van der Waals surface area contributed by atoms with E-state index >= 15 is 0 Å². The van der Waals surface area contributed by atoms with Gasteiger partial charge in [-0.1, -0.05) is 18.2 Å². The number of hydrogen-bond donors (Lipinski definition) is 3. The zero-order chi connectivity index (χ0) is 15.3. The molecule has 2 rings (SSSR count). The van der Waals surface area contributed by atoms with Gasteiger partial charge in [-0.25, -0.2) is 0 Å². The standard InChI is InChI=1S/C9H10O3.C4H5NO3/c1-6(9(11)12)7-4-2-3-5-8(7)10;6-3-1-2-4(7)5(3)8/h2-6,10H,1H3,(H,11,12);8H,1-2H2. The number of imide groups is 1. The second kappa shape index (κ2) is 6.67. The number of carboxylic acid groups (broad SMARTS) is 1. The van der Waals surface area contributed by atoms with Gasteiger partial charge in [-0.3, -0.25) is 19.6 Å². The van der Waals surface area contributed by atoms with E-state index in [-0.39, 0.29) is 23.7 Å². The second-order valence-electron chi connectivity index (χ2n) is 4.22. The highest BCUT2D eigenvalue weighted by molar-refractivity contribution is 6.00. The molecule has 1 unspecified atom stereocenters. The Hall–Kier alpha value is -2.41. The molecule has 3 N–H and O–H groups in total. The van der Waals surface area contributed by atoms with Crippen LogP contribution in [0.1, 0.15) is 31.2 Å². The highest BCUT2D eigenvalue weighted by Crippen LogP contribution is 2.24. The molecule has 1 aliphatic heterocycles. The Morgan fingerprint density at radius 3 is 2.05 bits per heavy atom. The summed E-state index contributed by atoms with van der Waals surface area (Å²) in [6.45, 7) is 1.54. The van der Waals surface area contributed by atoms with Crippen molar-refractivity contribution in [2.75, 3.05) is 0 Å². The number of benzene rings is 1. The van der Waals surface area contributed by atoms with Crippen LogP contribution in [0.2, 0.25) is 0 Å². The molecule has 0 bridgehead atoms. The van der Waals surface area contributed by atoms with Crippen molar-refractivity contribution in [1.82, 2.24) is 5.06 Å². The van der Waals surface area contributed by atoms with Gasteiger partial charge in [0.05, 0.1) is 5.92 Å². The lowest BCUT2D eigenvalue weighted by atomic mass is 10.0. The molecule has 1 atom stereocenters. The highest BCUT2D eigenvalue weighted by atomic mass is 16.5. The highest BCUT2D eigenvalue weighted by Gasteiger charge is 2.26. The third kappa shape index (κ3) is 3.79. The number of carboxylic acids is 1. The Balaban J connectivity index is 0.000000217. The minimum absolute atomic E-state index is 0.0346. The average Bonchev–Trinajstić information content (AvgIpc) is 2.70. The number of rotatable bonds is 2. The molecule has 20 heavy (non-hydrogen) atoms. The summed E-state index contributed by atoms with van der Waals surface area (Å²) in [6.07, 6.45) is 0.296.